The van der Waals surface area contributed by atoms with Crippen LogP contribution in [-0.4, -0.2) is 51.1 Å². The van der Waals surface area contributed by atoms with Gasteiger partial charge in [0.15, 0.2) is 0 Å². The van der Waals surface area contributed by atoms with Crippen molar-refractivity contribution in [3.63, 3.8) is 0 Å². The molecule has 146 valence electrons. The summed E-state index contributed by atoms with van der Waals surface area (Å²) in [6, 6.07) is 0. The lowest BCUT2D eigenvalue weighted by Crippen LogP contribution is -2.34. The lowest BCUT2D eigenvalue weighted by atomic mass is 9.95. The third-order valence-corrected chi connectivity index (χ3v) is 4.09. The molecule has 6 nitrogen and oxygen atoms in total. The van der Waals surface area contributed by atoms with Crippen LogP contribution in [-0.2, 0) is 19.2 Å². The molecule has 1 fully saturated rings. The van der Waals surface area contributed by atoms with E-state index in [1.165, 1.54) is 7.11 Å². The Labute approximate surface area is 153 Å². The Balaban J connectivity index is 0. The Morgan fingerprint density at radius 1 is 1.24 bits per heavy atom. The molecule has 0 spiro atoms. The number of carbonyl (C=O) groups is 2. The van der Waals surface area contributed by atoms with Gasteiger partial charge >= 0.3 is 0 Å². The zero-order chi connectivity index (χ0) is 19.7. The number of carbonyl (C=O) groups excluding carboxylic acids is 2. The summed E-state index contributed by atoms with van der Waals surface area (Å²) >= 11 is 0. The second-order valence-corrected chi connectivity index (χ2v) is 5.97. The topological polar surface area (TPSA) is 68.2 Å². The lowest BCUT2D eigenvalue weighted by molar-refractivity contribution is -0.126. The fraction of sp³-hybridized carbons (Fsp3) is 0.737. The minimum Gasteiger partial charge on any atom is -0.471 e. The van der Waals surface area contributed by atoms with Gasteiger partial charge in [0.2, 0.25) is 0 Å². The minimum absolute atomic E-state index is 0.250. The highest BCUT2D eigenvalue weighted by Crippen LogP contribution is 2.22. The van der Waals surface area contributed by atoms with Crippen LogP contribution in [0.25, 0.3) is 0 Å². The lowest BCUT2D eigenvalue weighted by Gasteiger charge is -2.29. The number of methoxy groups -OCH3 is 1. The summed E-state index contributed by atoms with van der Waals surface area (Å²) < 4.78 is 3.86. The number of hydrogen-bond acceptors (Lipinski definition) is 6. The van der Waals surface area contributed by atoms with Crippen molar-refractivity contribution in [2.75, 3.05) is 26.7 Å². The average Bonchev–Trinajstić information content (AvgIpc) is 2.66. The Bertz CT molecular complexity index is 376. The summed E-state index contributed by atoms with van der Waals surface area (Å²) in [6.45, 7) is 17.0. The maximum Gasteiger partial charge on any atom is 0.292 e. The summed E-state index contributed by atoms with van der Waals surface area (Å²) in [6.07, 6.45) is 5.12. The van der Waals surface area contributed by atoms with Crippen molar-refractivity contribution in [3.05, 3.63) is 11.8 Å². The summed E-state index contributed by atoms with van der Waals surface area (Å²) in [5.74, 6) is 1.98. The summed E-state index contributed by atoms with van der Waals surface area (Å²) in [4.78, 5) is 27.3. The van der Waals surface area contributed by atoms with Gasteiger partial charge in [-0.15, -0.1) is 0 Å². The number of oxime groups is 1. The van der Waals surface area contributed by atoms with Gasteiger partial charge in [-0.3, -0.25) is 9.69 Å². The van der Waals surface area contributed by atoms with E-state index in [2.05, 4.69) is 48.4 Å². The van der Waals surface area contributed by atoms with Crippen LogP contribution < -0.4 is 0 Å². The van der Waals surface area contributed by atoms with Crippen molar-refractivity contribution in [3.8, 4) is 0 Å². The zero-order valence-electron chi connectivity index (χ0n) is 16.7. The van der Waals surface area contributed by atoms with Gasteiger partial charge in [-0.05, 0) is 37.9 Å². The van der Waals surface area contributed by atoms with Gasteiger partial charge in [0, 0.05) is 25.1 Å². The smallest absolute Gasteiger partial charge is 0.292 e. The van der Waals surface area contributed by atoms with Gasteiger partial charge in [0.05, 0.1) is 7.11 Å². The van der Waals surface area contributed by atoms with Gasteiger partial charge in [0.1, 0.15) is 12.0 Å². The highest BCUT2D eigenvalue weighted by molar-refractivity contribution is 5.53. The Morgan fingerprint density at radius 3 is 2.12 bits per heavy atom. The number of piperidine rings is 1. The van der Waals surface area contributed by atoms with Crippen molar-refractivity contribution in [1.29, 1.82) is 0 Å². The molecule has 25 heavy (non-hydrogen) atoms. The van der Waals surface area contributed by atoms with Crippen LogP contribution in [0.1, 0.15) is 47.5 Å². The molecule has 1 aliphatic heterocycles. The van der Waals surface area contributed by atoms with E-state index in [9.17, 15) is 4.79 Å². The van der Waals surface area contributed by atoms with Crippen LogP contribution in [0.2, 0.25) is 0 Å². The van der Waals surface area contributed by atoms with Crippen molar-refractivity contribution in [2.24, 2.45) is 22.9 Å². The van der Waals surface area contributed by atoms with Gasteiger partial charge in [-0.2, -0.15) is 0 Å². The van der Waals surface area contributed by atoms with Gasteiger partial charge in [0.25, 0.3) is 6.47 Å². The number of likely N-dealkylation sites (tertiary alicyclic amines) is 1. The van der Waals surface area contributed by atoms with Gasteiger partial charge in [-0.25, -0.2) is 0 Å². The number of ether oxygens (including phenoxy) is 1. The van der Waals surface area contributed by atoms with Crippen LogP contribution in [0.4, 0.5) is 0 Å². The molecule has 0 amide bonds. The second-order valence-electron chi connectivity index (χ2n) is 5.97. The largest absolute Gasteiger partial charge is 0.471 e. The molecule has 0 radical (unpaired) electrons. The third kappa shape index (κ3) is 12.3. The molecule has 0 aliphatic carbocycles. The monoisotopic (exact) mass is 356 g/mol. The number of hydrogen-bond donors (Lipinski definition) is 0. The van der Waals surface area contributed by atoms with Crippen molar-refractivity contribution in [2.45, 2.75) is 47.5 Å². The molecule has 1 unspecified atom stereocenters. The quantitative estimate of drug-likeness (QED) is 0.288. The molecule has 1 atom stereocenters. The standard InChI is InChI=1S/C15H26N2O2.C2H4O2.C2H6/c1-12(2)13(3)15(19-16-4)7-10-17-8-5-14(11-18)6-9-17;1-4-2-3;1-2/h7,11-14H,4-6,8-10H2,1-3H3;2H,1H3;1-2H3/b15-7-;;. The fourth-order valence-electron chi connectivity index (χ4n) is 2.20. The molecule has 0 aromatic carbocycles. The molecule has 6 heteroatoms. The number of rotatable bonds is 8. The number of nitrogens with zero attached hydrogens (tertiary/aromatic N) is 2. The molecule has 1 rings (SSSR count). The summed E-state index contributed by atoms with van der Waals surface area (Å²) in [5, 5.41) is 3.55. The third-order valence-electron chi connectivity index (χ3n) is 4.09. The molecule has 0 N–H and O–H groups in total. The second kappa shape index (κ2) is 17.1. The molecule has 0 aromatic heterocycles. The molecule has 0 bridgehead atoms. The number of allylic oxidation sites excluding steroid dienone is 1. The van der Waals surface area contributed by atoms with Crippen LogP contribution in [0.3, 0.4) is 0 Å². The highest BCUT2D eigenvalue weighted by Gasteiger charge is 2.19. The van der Waals surface area contributed by atoms with Crippen LogP contribution >= 0.6 is 0 Å². The maximum atomic E-state index is 10.7. The van der Waals surface area contributed by atoms with E-state index < -0.39 is 0 Å². The zero-order valence-corrected chi connectivity index (χ0v) is 16.7. The minimum atomic E-state index is 0.250. The van der Waals surface area contributed by atoms with Gasteiger partial charge < -0.3 is 14.4 Å². The van der Waals surface area contributed by atoms with Crippen LogP contribution in [0.5, 0.6) is 0 Å². The molecule has 1 aliphatic rings. The van der Waals surface area contributed by atoms with Crippen LogP contribution in [0, 0.1) is 17.8 Å². The summed E-state index contributed by atoms with van der Waals surface area (Å²) in [7, 11) is 1.31. The molecule has 0 aromatic rings. The van der Waals surface area contributed by atoms with Gasteiger partial charge in [-0.1, -0.05) is 39.8 Å². The van der Waals surface area contributed by atoms with E-state index in [0.29, 0.717) is 18.3 Å². The van der Waals surface area contributed by atoms with Crippen LogP contribution in [0.15, 0.2) is 17.0 Å². The molecule has 0 saturated carbocycles. The SMILES string of the molecule is C=NO/C(=C\CN1CCC(C=O)CC1)C(C)C(C)C.CC.COC=O. The first-order valence-electron chi connectivity index (χ1n) is 8.97. The van der Waals surface area contributed by atoms with Crippen molar-refractivity contribution >= 4 is 19.5 Å². The van der Waals surface area contributed by atoms with E-state index in [1.807, 2.05) is 13.8 Å². The maximum absolute atomic E-state index is 10.7. The van der Waals surface area contributed by atoms with E-state index in [-0.39, 0.29) is 5.92 Å². The average molecular weight is 357 g/mol. The Hall–Kier alpha value is -1.69. The first-order valence-corrected chi connectivity index (χ1v) is 8.97. The predicted molar refractivity (Wildman–Crippen MR) is 102 cm³/mol. The van der Waals surface area contributed by atoms with Crippen molar-refractivity contribution in [1.82, 2.24) is 4.90 Å². The first kappa shape index (κ1) is 25.5. The fourth-order valence-corrected chi connectivity index (χ4v) is 2.20. The van der Waals surface area contributed by atoms with E-state index >= 15 is 0 Å². The number of aldehydes is 1. The first-order chi connectivity index (χ1) is 12.0. The molecule has 1 heterocycles. The van der Waals surface area contributed by atoms with E-state index in [0.717, 1.165) is 44.5 Å². The molecular weight excluding hydrogens is 320 g/mol. The van der Waals surface area contributed by atoms with E-state index in [1.54, 1.807) is 0 Å². The van der Waals surface area contributed by atoms with Crippen molar-refractivity contribution < 1.29 is 19.2 Å². The highest BCUT2D eigenvalue weighted by atomic mass is 16.6. The molecule has 1 saturated heterocycles. The summed E-state index contributed by atoms with van der Waals surface area (Å²) in [5.41, 5.74) is 0. The Morgan fingerprint density at radius 2 is 1.76 bits per heavy atom. The van der Waals surface area contributed by atoms with E-state index in [4.69, 9.17) is 9.63 Å². The Kier molecular flexibility index (Phi) is 17.5. The molecular formula is C19H36N2O4. The normalized spacial score (nSPS) is 16.5. The predicted octanol–water partition coefficient (Wildman–Crippen LogP) is 3.52.